The zero-order chi connectivity index (χ0) is 18.7. The molecule has 0 radical (unpaired) electrons. The van der Waals surface area contributed by atoms with Gasteiger partial charge in [0.15, 0.2) is 5.69 Å². The smallest absolute Gasteiger partial charge is 0.337 e. The number of aromatic nitrogens is 2. The second-order valence-corrected chi connectivity index (χ2v) is 5.43. The lowest BCUT2D eigenvalue weighted by atomic mass is 10.1. The van der Waals surface area contributed by atoms with E-state index >= 15 is 0 Å². The summed E-state index contributed by atoms with van der Waals surface area (Å²) in [5.74, 6) is -0.904. The number of amides is 1. The second-order valence-electron chi connectivity index (χ2n) is 5.43. The summed E-state index contributed by atoms with van der Waals surface area (Å²) in [7, 11) is 1.30. The molecule has 0 bridgehead atoms. The lowest BCUT2D eigenvalue weighted by Gasteiger charge is -2.05. The topological polar surface area (TPSA) is 127 Å². The van der Waals surface area contributed by atoms with Gasteiger partial charge in [0.25, 0.3) is 11.6 Å². The summed E-state index contributed by atoms with van der Waals surface area (Å²) < 4.78 is 4.62. The number of rotatable bonds is 5. The minimum Gasteiger partial charge on any atom is -0.465 e. The SMILES string of the molecule is COC(=O)c1ccc(CNC(=O)c2n[nH]c3ccc([N+](=O)[O-])cc23)cc1. The van der Waals surface area contributed by atoms with Gasteiger partial charge >= 0.3 is 5.97 Å². The van der Waals surface area contributed by atoms with E-state index in [9.17, 15) is 19.7 Å². The van der Waals surface area contributed by atoms with Crippen LogP contribution in [-0.2, 0) is 11.3 Å². The molecule has 0 saturated heterocycles. The molecule has 2 aromatic carbocycles. The van der Waals surface area contributed by atoms with E-state index < -0.39 is 16.8 Å². The minimum atomic E-state index is -0.531. The number of carbonyl (C=O) groups excluding carboxylic acids is 2. The fourth-order valence-electron chi connectivity index (χ4n) is 2.43. The number of benzene rings is 2. The molecule has 0 atom stereocenters. The number of esters is 1. The molecule has 0 aliphatic rings. The van der Waals surface area contributed by atoms with Crippen LogP contribution in [-0.4, -0.2) is 34.1 Å². The Morgan fingerprint density at radius 1 is 1.23 bits per heavy atom. The zero-order valence-electron chi connectivity index (χ0n) is 13.7. The Hall–Kier alpha value is -3.75. The second kappa shape index (κ2) is 7.01. The van der Waals surface area contributed by atoms with Gasteiger partial charge in [-0.3, -0.25) is 20.0 Å². The van der Waals surface area contributed by atoms with Crippen LogP contribution >= 0.6 is 0 Å². The average molecular weight is 354 g/mol. The number of hydrogen-bond donors (Lipinski definition) is 2. The van der Waals surface area contributed by atoms with E-state index in [2.05, 4.69) is 20.3 Å². The molecule has 1 amide bonds. The van der Waals surface area contributed by atoms with Gasteiger partial charge in [-0.05, 0) is 23.8 Å². The highest BCUT2D eigenvalue weighted by molar-refractivity contribution is 6.05. The minimum absolute atomic E-state index is 0.0786. The summed E-state index contributed by atoms with van der Waals surface area (Å²) in [6.07, 6.45) is 0. The summed E-state index contributed by atoms with van der Waals surface area (Å²) in [6, 6.07) is 10.7. The van der Waals surface area contributed by atoms with Crippen molar-refractivity contribution < 1.29 is 19.2 Å². The van der Waals surface area contributed by atoms with E-state index in [0.29, 0.717) is 16.5 Å². The largest absolute Gasteiger partial charge is 0.465 e. The highest BCUT2D eigenvalue weighted by atomic mass is 16.6. The first-order valence-electron chi connectivity index (χ1n) is 7.57. The summed E-state index contributed by atoms with van der Waals surface area (Å²) in [6.45, 7) is 0.212. The van der Waals surface area contributed by atoms with Crippen molar-refractivity contribution in [3.05, 3.63) is 69.4 Å². The number of nitro groups is 1. The van der Waals surface area contributed by atoms with E-state index in [0.717, 1.165) is 5.56 Å². The van der Waals surface area contributed by atoms with Gasteiger partial charge in [-0.1, -0.05) is 12.1 Å². The summed E-state index contributed by atoms with van der Waals surface area (Å²) in [5, 5.41) is 20.6. The van der Waals surface area contributed by atoms with Gasteiger partial charge in [0, 0.05) is 24.1 Å². The molecule has 0 fully saturated rings. The number of nitro benzene ring substituents is 1. The maximum absolute atomic E-state index is 12.4. The van der Waals surface area contributed by atoms with Crippen molar-refractivity contribution in [3.8, 4) is 0 Å². The Morgan fingerprint density at radius 3 is 2.62 bits per heavy atom. The normalized spacial score (nSPS) is 10.5. The molecular weight excluding hydrogens is 340 g/mol. The van der Waals surface area contributed by atoms with E-state index in [1.165, 1.54) is 25.3 Å². The number of H-pyrrole nitrogens is 1. The van der Waals surface area contributed by atoms with Crippen LogP contribution in [0.5, 0.6) is 0 Å². The lowest BCUT2D eigenvalue weighted by Crippen LogP contribution is -2.23. The third-order valence-electron chi connectivity index (χ3n) is 3.80. The van der Waals surface area contributed by atoms with Gasteiger partial charge in [-0.25, -0.2) is 4.79 Å². The van der Waals surface area contributed by atoms with Crippen molar-refractivity contribution in [3.63, 3.8) is 0 Å². The maximum Gasteiger partial charge on any atom is 0.337 e. The van der Waals surface area contributed by atoms with Crippen molar-refractivity contribution >= 4 is 28.5 Å². The van der Waals surface area contributed by atoms with Crippen molar-refractivity contribution in [2.75, 3.05) is 7.11 Å². The monoisotopic (exact) mass is 354 g/mol. The molecule has 26 heavy (non-hydrogen) atoms. The summed E-state index contributed by atoms with van der Waals surface area (Å²) in [5.41, 5.74) is 1.68. The van der Waals surface area contributed by atoms with E-state index in [-0.39, 0.29) is 17.9 Å². The fraction of sp³-hybridized carbons (Fsp3) is 0.118. The van der Waals surface area contributed by atoms with Crippen LogP contribution in [0.2, 0.25) is 0 Å². The number of carbonyl (C=O) groups is 2. The highest BCUT2D eigenvalue weighted by Gasteiger charge is 2.17. The molecule has 3 aromatic rings. The quantitative estimate of drug-likeness (QED) is 0.411. The summed E-state index contributed by atoms with van der Waals surface area (Å²) in [4.78, 5) is 34.1. The van der Waals surface area contributed by atoms with Crippen LogP contribution in [0.15, 0.2) is 42.5 Å². The standard InChI is InChI=1S/C17H14N4O5/c1-26-17(23)11-4-2-10(3-5-11)9-18-16(22)15-13-8-12(21(24)25)6-7-14(13)19-20-15/h2-8H,9H2,1H3,(H,18,22)(H,19,20). The Balaban J connectivity index is 1.74. The number of aromatic amines is 1. The maximum atomic E-state index is 12.4. The van der Waals surface area contributed by atoms with Gasteiger partial charge in [-0.2, -0.15) is 5.10 Å². The molecule has 0 spiro atoms. The van der Waals surface area contributed by atoms with Crippen LogP contribution in [0.3, 0.4) is 0 Å². The highest BCUT2D eigenvalue weighted by Crippen LogP contribution is 2.22. The number of nitrogens with one attached hydrogen (secondary N) is 2. The Labute approximate surface area is 147 Å². The van der Waals surface area contributed by atoms with Crippen LogP contribution < -0.4 is 5.32 Å². The first-order valence-corrected chi connectivity index (χ1v) is 7.57. The third-order valence-corrected chi connectivity index (χ3v) is 3.80. The van der Waals surface area contributed by atoms with E-state index in [1.54, 1.807) is 24.3 Å². The molecule has 0 unspecified atom stereocenters. The number of nitrogens with zero attached hydrogens (tertiary/aromatic N) is 2. The Kier molecular flexibility index (Phi) is 4.61. The van der Waals surface area contributed by atoms with Crippen molar-refractivity contribution in [1.29, 1.82) is 0 Å². The number of hydrogen-bond acceptors (Lipinski definition) is 6. The molecule has 132 valence electrons. The number of ether oxygens (including phenoxy) is 1. The fourth-order valence-corrected chi connectivity index (χ4v) is 2.43. The molecule has 2 N–H and O–H groups in total. The van der Waals surface area contributed by atoms with Gasteiger partial charge in [-0.15, -0.1) is 0 Å². The molecule has 9 heteroatoms. The van der Waals surface area contributed by atoms with Crippen LogP contribution in [0.1, 0.15) is 26.4 Å². The predicted octanol–water partition coefficient (Wildman–Crippen LogP) is 2.19. The predicted molar refractivity (Wildman–Crippen MR) is 91.7 cm³/mol. The molecule has 1 aromatic heterocycles. The molecule has 3 rings (SSSR count). The molecule has 0 saturated carbocycles. The lowest BCUT2D eigenvalue weighted by molar-refractivity contribution is -0.384. The van der Waals surface area contributed by atoms with E-state index in [1.807, 2.05) is 0 Å². The Bertz CT molecular complexity index is 994. The summed E-state index contributed by atoms with van der Waals surface area (Å²) >= 11 is 0. The van der Waals surface area contributed by atoms with Gasteiger partial charge in [0.2, 0.25) is 0 Å². The van der Waals surface area contributed by atoms with Crippen LogP contribution in [0, 0.1) is 10.1 Å². The zero-order valence-corrected chi connectivity index (χ0v) is 13.7. The first-order chi connectivity index (χ1) is 12.5. The molecule has 0 aliphatic carbocycles. The van der Waals surface area contributed by atoms with Crippen LogP contribution in [0.25, 0.3) is 10.9 Å². The molecule has 9 nitrogen and oxygen atoms in total. The van der Waals surface area contributed by atoms with Gasteiger partial charge in [0.05, 0.1) is 23.1 Å². The number of non-ortho nitro benzene ring substituents is 1. The van der Waals surface area contributed by atoms with E-state index in [4.69, 9.17) is 0 Å². The third kappa shape index (κ3) is 3.36. The Morgan fingerprint density at radius 2 is 1.96 bits per heavy atom. The van der Waals surface area contributed by atoms with Gasteiger partial charge < -0.3 is 10.1 Å². The van der Waals surface area contributed by atoms with Crippen molar-refractivity contribution in [1.82, 2.24) is 15.5 Å². The number of fused-ring (bicyclic) bond motifs is 1. The van der Waals surface area contributed by atoms with Gasteiger partial charge in [0.1, 0.15) is 0 Å². The molecule has 1 heterocycles. The number of methoxy groups -OCH3 is 1. The molecule has 0 aliphatic heterocycles. The molecular formula is C17H14N4O5. The first kappa shape index (κ1) is 17.1. The average Bonchev–Trinajstić information content (AvgIpc) is 3.09. The van der Waals surface area contributed by atoms with Crippen molar-refractivity contribution in [2.24, 2.45) is 0 Å². The van der Waals surface area contributed by atoms with Crippen LogP contribution in [0.4, 0.5) is 5.69 Å². The van der Waals surface area contributed by atoms with Crippen molar-refractivity contribution in [2.45, 2.75) is 6.54 Å².